The highest BCUT2D eigenvalue weighted by Crippen LogP contribution is 2.27. The Hall–Kier alpha value is -3.09. The van der Waals surface area contributed by atoms with E-state index >= 15 is 0 Å². The van der Waals surface area contributed by atoms with Crippen LogP contribution in [0.25, 0.3) is 10.8 Å². The maximum Gasteiger partial charge on any atom is 0.319 e. The number of anilines is 1. The van der Waals surface area contributed by atoms with E-state index in [0.29, 0.717) is 25.3 Å². The number of carbonyl (C=O) groups excluding carboxylic acids is 3. The summed E-state index contributed by atoms with van der Waals surface area (Å²) in [6.45, 7) is 7.60. The van der Waals surface area contributed by atoms with Crippen molar-refractivity contribution >= 4 is 34.3 Å². The van der Waals surface area contributed by atoms with Crippen molar-refractivity contribution in [1.29, 1.82) is 0 Å². The Labute approximate surface area is 214 Å². The van der Waals surface area contributed by atoms with Crippen LogP contribution in [0.1, 0.15) is 59.3 Å². The molecule has 2 fully saturated rings. The summed E-state index contributed by atoms with van der Waals surface area (Å²) in [7, 11) is 0. The first-order chi connectivity index (χ1) is 17.4. The van der Waals surface area contributed by atoms with Crippen LogP contribution < -0.4 is 10.6 Å². The predicted molar refractivity (Wildman–Crippen MR) is 144 cm³/mol. The van der Waals surface area contributed by atoms with Crippen molar-refractivity contribution in [3.8, 4) is 0 Å². The van der Waals surface area contributed by atoms with Crippen molar-refractivity contribution in [1.82, 2.24) is 15.1 Å². The number of hydrogen-bond acceptors (Lipinski definition) is 3. The number of amides is 4. The lowest BCUT2D eigenvalue weighted by molar-refractivity contribution is -0.147. The molecule has 1 heterocycles. The van der Waals surface area contributed by atoms with Gasteiger partial charge >= 0.3 is 6.03 Å². The lowest BCUT2D eigenvalue weighted by atomic mass is 9.87. The molecule has 1 saturated heterocycles. The predicted octanol–water partition coefficient (Wildman–Crippen LogP) is 5.02. The molecule has 3 atom stereocenters. The molecule has 194 valence electrons. The van der Waals surface area contributed by atoms with Gasteiger partial charge in [0.2, 0.25) is 11.8 Å². The normalized spacial score (nSPS) is 20.6. The molecule has 2 aromatic carbocycles. The number of nitrogens with zero attached hydrogens (tertiary/aromatic N) is 2. The number of fused-ring (bicyclic) bond motifs is 1. The monoisotopic (exact) mass is 492 g/mol. The summed E-state index contributed by atoms with van der Waals surface area (Å²) >= 11 is 0. The Morgan fingerprint density at radius 1 is 1.00 bits per heavy atom. The molecule has 0 aromatic heterocycles. The second kappa shape index (κ2) is 11.8. The van der Waals surface area contributed by atoms with E-state index < -0.39 is 6.04 Å². The highest BCUT2D eigenvalue weighted by molar-refractivity contribution is 6.02. The Morgan fingerprint density at radius 2 is 1.72 bits per heavy atom. The Balaban J connectivity index is 1.40. The Morgan fingerprint density at radius 3 is 2.44 bits per heavy atom. The van der Waals surface area contributed by atoms with E-state index in [-0.39, 0.29) is 35.7 Å². The van der Waals surface area contributed by atoms with Gasteiger partial charge in [-0.25, -0.2) is 4.79 Å². The summed E-state index contributed by atoms with van der Waals surface area (Å²) in [6.07, 6.45) is 6.21. The molecule has 1 saturated carbocycles. The van der Waals surface area contributed by atoms with E-state index in [1.165, 1.54) is 6.42 Å². The first-order valence-electron chi connectivity index (χ1n) is 13.5. The molecule has 2 N–H and O–H groups in total. The van der Waals surface area contributed by atoms with Gasteiger partial charge in [0.25, 0.3) is 0 Å². The number of nitrogens with one attached hydrogen (secondary N) is 2. The third-order valence-electron chi connectivity index (χ3n) is 7.98. The van der Waals surface area contributed by atoms with Crippen molar-refractivity contribution in [2.45, 2.75) is 71.4 Å². The molecule has 7 nitrogen and oxygen atoms in total. The summed E-state index contributed by atoms with van der Waals surface area (Å²) in [6, 6.07) is 12.6. The minimum Gasteiger partial charge on any atom is -0.337 e. The molecule has 0 radical (unpaired) electrons. The molecule has 2 aliphatic rings. The van der Waals surface area contributed by atoms with E-state index in [2.05, 4.69) is 10.6 Å². The smallest absolute Gasteiger partial charge is 0.319 e. The fourth-order valence-electron chi connectivity index (χ4n) is 5.58. The Kier molecular flexibility index (Phi) is 8.49. The van der Waals surface area contributed by atoms with E-state index in [1.807, 2.05) is 73.0 Å². The second-order valence-electron chi connectivity index (χ2n) is 10.5. The average molecular weight is 493 g/mol. The van der Waals surface area contributed by atoms with Gasteiger partial charge in [0, 0.05) is 37.0 Å². The summed E-state index contributed by atoms with van der Waals surface area (Å²) in [4.78, 5) is 43.5. The number of carbonyl (C=O) groups is 3. The van der Waals surface area contributed by atoms with Crippen LogP contribution in [0.5, 0.6) is 0 Å². The SMILES string of the molecule is CCC(C)C(NC(=O)Nc1cccc2ccccc12)C(=O)N1CCN(C(=O)C2CCCCC2)C(C)C1. The van der Waals surface area contributed by atoms with Gasteiger partial charge in [0.05, 0.1) is 5.69 Å². The lowest BCUT2D eigenvalue weighted by Gasteiger charge is -2.43. The number of piperazine rings is 1. The number of benzene rings is 2. The average Bonchev–Trinajstić information content (AvgIpc) is 2.91. The minimum absolute atomic E-state index is 0.0204. The van der Waals surface area contributed by atoms with Crippen LogP contribution in [0.2, 0.25) is 0 Å². The van der Waals surface area contributed by atoms with Crippen molar-refractivity contribution < 1.29 is 14.4 Å². The van der Waals surface area contributed by atoms with Crippen molar-refractivity contribution in [3.05, 3.63) is 42.5 Å². The number of hydrogen-bond donors (Lipinski definition) is 2. The van der Waals surface area contributed by atoms with Gasteiger partial charge < -0.3 is 20.4 Å². The van der Waals surface area contributed by atoms with Crippen molar-refractivity contribution in [3.63, 3.8) is 0 Å². The van der Waals surface area contributed by atoms with Crippen LogP contribution in [0.3, 0.4) is 0 Å². The molecular formula is C29H40N4O3. The summed E-state index contributed by atoms with van der Waals surface area (Å²) in [5.41, 5.74) is 0.712. The Bertz CT molecular complexity index is 1080. The summed E-state index contributed by atoms with van der Waals surface area (Å²) in [5.74, 6) is 0.290. The zero-order valence-electron chi connectivity index (χ0n) is 21.8. The molecule has 36 heavy (non-hydrogen) atoms. The molecule has 7 heteroatoms. The summed E-state index contributed by atoms with van der Waals surface area (Å²) < 4.78 is 0. The first-order valence-corrected chi connectivity index (χ1v) is 13.5. The summed E-state index contributed by atoms with van der Waals surface area (Å²) in [5, 5.41) is 7.90. The van der Waals surface area contributed by atoms with Crippen LogP contribution in [0, 0.1) is 11.8 Å². The van der Waals surface area contributed by atoms with Gasteiger partial charge in [-0.15, -0.1) is 0 Å². The van der Waals surface area contributed by atoms with Gasteiger partial charge in [-0.2, -0.15) is 0 Å². The van der Waals surface area contributed by atoms with Crippen LogP contribution >= 0.6 is 0 Å². The van der Waals surface area contributed by atoms with Gasteiger partial charge in [0.15, 0.2) is 0 Å². The van der Waals surface area contributed by atoms with E-state index in [0.717, 1.165) is 42.9 Å². The standard InChI is InChI=1S/C29H40N4O3/c1-4-20(2)26(31-29(36)30-25-16-10-14-22-11-8-9-15-24(22)25)28(35)32-17-18-33(21(3)19-32)27(34)23-12-6-5-7-13-23/h8-11,14-16,20-21,23,26H,4-7,12-13,17-19H2,1-3H3,(H2,30,31,36). The van der Waals surface area contributed by atoms with Crippen molar-refractivity contribution in [2.24, 2.45) is 11.8 Å². The third kappa shape index (κ3) is 5.82. The molecule has 2 aromatic rings. The quantitative estimate of drug-likeness (QED) is 0.594. The largest absolute Gasteiger partial charge is 0.337 e. The molecule has 1 aliphatic heterocycles. The molecule has 3 unspecified atom stereocenters. The van der Waals surface area contributed by atoms with E-state index in [9.17, 15) is 14.4 Å². The first kappa shape index (κ1) is 26.0. The van der Waals surface area contributed by atoms with Gasteiger partial charge in [-0.05, 0) is 37.1 Å². The maximum absolute atomic E-state index is 13.6. The molecule has 0 bridgehead atoms. The fourth-order valence-corrected chi connectivity index (χ4v) is 5.58. The third-order valence-corrected chi connectivity index (χ3v) is 7.98. The maximum atomic E-state index is 13.6. The van der Waals surface area contributed by atoms with Gasteiger partial charge in [-0.3, -0.25) is 9.59 Å². The van der Waals surface area contributed by atoms with Crippen LogP contribution in [-0.4, -0.2) is 59.4 Å². The molecule has 0 spiro atoms. The van der Waals surface area contributed by atoms with E-state index in [4.69, 9.17) is 0 Å². The van der Waals surface area contributed by atoms with Gasteiger partial charge in [-0.1, -0.05) is 75.9 Å². The lowest BCUT2D eigenvalue weighted by Crippen LogP contribution is -2.61. The number of urea groups is 1. The zero-order valence-corrected chi connectivity index (χ0v) is 21.8. The van der Waals surface area contributed by atoms with Crippen LogP contribution in [0.4, 0.5) is 10.5 Å². The molecular weight excluding hydrogens is 452 g/mol. The molecule has 1 aliphatic carbocycles. The van der Waals surface area contributed by atoms with Gasteiger partial charge in [0.1, 0.15) is 6.04 Å². The second-order valence-corrected chi connectivity index (χ2v) is 10.5. The number of rotatable bonds is 6. The minimum atomic E-state index is -0.627. The fraction of sp³-hybridized carbons (Fsp3) is 0.552. The highest BCUT2D eigenvalue weighted by Gasteiger charge is 2.37. The van der Waals surface area contributed by atoms with Crippen LogP contribution in [0.15, 0.2) is 42.5 Å². The molecule has 4 rings (SSSR count). The molecule has 4 amide bonds. The highest BCUT2D eigenvalue weighted by atomic mass is 16.2. The van der Waals surface area contributed by atoms with Crippen molar-refractivity contribution in [2.75, 3.05) is 25.0 Å². The topological polar surface area (TPSA) is 81.8 Å². The zero-order chi connectivity index (χ0) is 25.7. The van der Waals surface area contributed by atoms with E-state index in [1.54, 1.807) is 0 Å². The van der Waals surface area contributed by atoms with Crippen LogP contribution in [-0.2, 0) is 9.59 Å².